The highest BCUT2D eigenvalue weighted by atomic mass is 16.8. The predicted octanol–water partition coefficient (Wildman–Crippen LogP) is 6.58. The van der Waals surface area contributed by atoms with Gasteiger partial charge in [-0.1, -0.05) is 74.5 Å². The minimum absolute atomic E-state index is 0.0676. The molecule has 3 rings (SSSR count). The van der Waals surface area contributed by atoms with Gasteiger partial charge in [0, 0.05) is 5.92 Å². The van der Waals surface area contributed by atoms with Gasteiger partial charge in [-0.3, -0.25) is 0 Å². The molecule has 0 amide bonds. The van der Waals surface area contributed by atoms with Crippen LogP contribution in [0.3, 0.4) is 0 Å². The topological polar surface area (TPSA) is 65.0 Å². The van der Waals surface area contributed by atoms with Crippen LogP contribution in [0.1, 0.15) is 62.5 Å². The smallest absolute Gasteiger partial charge is 0.338 e. The van der Waals surface area contributed by atoms with Crippen LogP contribution in [-0.4, -0.2) is 42.3 Å². The van der Waals surface area contributed by atoms with Crippen LogP contribution in [0.2, 0.25) is 0 Å². The van der Waals surface area contributed by atoms with E-state index in [1.165, 1.54) is 7.11 Å². The van der Waals surface area contributed by atoms with E-state index in [0.29, 0.717) is 12.0 Å². The quantitative estimate of drug-likeness (QED) is 0.316. The molecule has 1 aliphatic rings. The van der Waals surface area contributed by atoms with Crippen molar-refractivity contribution in [2.45, 2.75) is 72.1 Å². The van der Waals surface area contributed by atoms with E-state index in [-0.39, 0.29) is 30.0 Å². The van der Waals surface area contributed by atoms with Crippen LogP contribution in [0, 0.1) is 18.8 Å². The number of rotatable bonds is 9. The molecule has 1 saturated heterocycles. The fourth-order valence-electron chi connectivity index (χ4n) is 4.57. The van der Waals surface area contributed by atoms with Gasteiger partial charge < -0.3 is 19.3 Å². The van der Waals surface area contributed by atoms with E-state index in [1.54, 1.807) is 6.92 Å². The van der Waals surface area contributed by atoms with E-state index < -0.39 is 11.9 Å². The fourth-order valence-corrected chi connectivity index (χ4v) is 4.57. The van der Waals surface area contributed by atoms with Crippen molar-refractivity contribution in [2.75, 3.05) is 7.11 Å². The Labute approximate surface area is 215 Å². The van der Waals surface area contributed by atoms with Crippen LogP contribution in [0.15, 0.2) is 60.7 Å². The molecule has 0 bridgehead atoms. The van der Waals surface area contributed by atoms with Gasteiger partial charge in [0.15, 0.2) is 5.79 Å². The predicted molar refractivity (Wildman–Crippen MR) is 145 cm³/mol. The average Bonchev–Trinajstić information content (AvgIpc) is 3.16. The molecule has 194 valence electrons. The highest BCUT2D eigenvalue weighted by Gasteiger charge is 2.42. The summed E-state index contributed by atoms with van der Waals surface area (Å²) in [5.74, 6) is -0.849. The lowest BCUT2D eigenvalue weighted by molar-refractivity contribution is -0.148. The summed E-state index contributed by atoms with van der Waals surface area (Å²) in [6.45, 7) is 11.7. The Morgan fingerprint density at radius 1 is 1.08 bits per heavy atom. The molecular formula is C31H40O5. The molecule has 2 aromatic rings. The normalized spacial score (nSPS) is 22.1. The Morgan fingerprint density at radius 2 is 1.78 bits per heavy atom. The van der Waals surface area contributed by atoms with E-state index in [2.05, 4.69) is 25.1 Å². The summed E-state index contributed by atoms with van der Waals surface area (Å²) in [6.07, 6.45) is 8.14. The van der Waals surface area contributed by atoms with Crippen LogP contribution in [0.5, 0.6) is 0 Å². The van der Waals surface area contributed by atoms with Crippen LogP contribution in [0.4, 0.5) is 0 Å². The fraction of sp³-hybridized carbons (Fsp3) is 0.452. The second kappa shape index (κ2) is 12.0. The van der Waals surface area contributed by atoms with E-state index >= 15 is 0 Å². The van der Waals surface area contributed by atoms with Gasteiger partial charge in [-0.15, -0.1) is 0 Å². The number of carbonyl (C=O) groups is 1. The third-order valence-corrected chi connectivity index (χ3v) is 6.75. The zero-order valence-electron chi connectivity index (χ0n) is 22.5. The molecule has 1 fully saturated rings. The van der Waals surface area contributed by atoms with Crippen molar-refractivity contribution in [3.8, 4) is 11.1 Å². The summed E-state index contributed by atoms with van der Waals surface area (Å²) in [5.41, 5.74) is 4.39. The van der Waals surface area contributed by atoms with Gasteiger partial charge in [0.25, 0.3) is 0 Å². The van der Waals surface area contributed by atoms with Crippen molar-refractivity contribution < 1.29 is 24.1 Å². The number of methoxy groups -OCH3 is 1. The van der Waals surface area contributed by atoms with Gasteiger partial charge in [0.1, 0.15) is 0 Å². The molecule has 5 nitrogen and oxygen atoms in total. The molecule has 0 spiro atoms. The minimum atomic E-state index is -0.678. The summed E-state index contributed by atoms with van der Waals surface area (Å²) in [6, 6.07) is 14.2. The largest absolute Gasteiger partial charge is 0.465 e. The minimum Gasteiger partial charge on any atom is -0.465 e. The number of carbonyl (C=O) groups excluding carboxylic acids is 1. The Bertz CT molecular complexity index is 1080. The Kier molecular flexibility index (Phi) is 9.29. The van der Waals surface area contributed by atoms with Gasteiger partial charge in [-0.25, -0.2) is 4.79 Å². The van der Waals surface area contributed by atoms with Crippen molar-refractivity contribution in [1.29, 1.82) is 0 Å². The number of esters is 1. The number of aliphatic hydroxyl groups is 1. The SMILES string of the molecule is COC(=O)c1c(C)cc(-c2ccccc2)cc1/C=C/C[C@@H]1OC(C)(C)O[C@@H]1C(C)/C=C\[C@@H](C)[C@H](C)O. The van der Waals surface area contributed by atoms with Gasteiger partial charge in [-0.05, 0) is 68.4 Å². The molecule has 0 aromatic heterocycles. The first-order valence-corrected chi connectivity index (χ1v) is 12.7. The first-order chi connectivity index (χ1) is 17.0. The Morgan fingerprint density at radius 3 is 2.42 bits per heavy atom. The highest BCUT2D eigenvalue weighted by Crippen LogP contribution is 2.35. The summed E-state index contributed by atoms with van der Waals surface area (Å²) >= 11 is 0. The van der Waals surface area contributed by atoms with Crippen molar-refractivity contribution in [2.24, 2.45) is 11.8 Å². The van der Waals surface area contributed by atoms with Crippen LogP contribution in [-0.2, 0) is 14.2 Å². The molecule has 1 unspecified atom stereocenters. The number of ether oxygens (including phenoxy) is 3. The summed E-state index contributed by atoms with van der Waals surface area (Å²) in [7, 11) is 1.41. The maximum Gasteiger partial charge on any atom is 0.338 e. The highest BCUT2D eigenvalue weighted by molar-refractivity contribution is 5.96. The monoisotopic (exact) mass is 492 g/mol. The molecule has 1 N–H and O–H groups in total. The zero-order valence-corrected chi connectivity index (χ0v) is 22.5. The zero-order chi connectivity index (χ0) is 26.5. The molecule has 0 saturated carbocycles. The molecule has 0 radical (unpaired) electrons. The molecule has 5 atom stereocenters. The molecular weight excluding hydrogens is 452 g/mol. The van der Waals surface area contributed by atoms with Crippen LogP contribution >= 0.6 is 0 Å². The van der Waals surface area contributed by atoms with E-state index in [0.717, 1.165) is 22.3 Å². The first-order valence-electron chi connectivity index (χ1n) is 12.7. The second-order valence-electron chi connectivity index (χ2n) is 10.2. The van der Waals surface area contributed by atoms with Gasteiger partial charge in [-0.2, -0.15) is 0 Å². The van der Waals surface area contributed by atoms with Gasteiger partial charge in [0.05, 0.1) is 31.0 Å². The maximum absolute atomic E-state index is 12.6. The van der Waals surface area contributed by atoms with Crippen molar-refractivity contribution in [1.82, 2.24) is 0 Å². The molecule has 0 aliphatic carbocycles. The average molecular weight is 493 g/mol. The number of benzene rings is 2. The van der Waals surface area contributed by atoms with Crippen molar-refractivity contribution >= 4 is 12.0 Å². The molecule has 5 heteroatoms. The lowest BCUT2D eigenvalue weighted by atomic mass is 9.93. The number of aliphatic hydroxyl groups excluding tert-OH is 1. The summed E-state index contributed by atoms with van der Waals surface area (Å²) in [5, 5.41) is 9.80. The van der Waals surface area contributed by atoms with E-state index in [1.807, 2.05) is 76.3 Å². The lowest BCUT2D eigenvalue weighted by Crippen LogP contribution is -2.28. The number of aryl methyl sites for hydroxylation is 1. The third-order valence-electron chi connectivity index (χ3n) is 6.75. The number of hydrogen-bond donors (Lipinski definition) is 1. The van der Waals surface area contributed by atoms with Gasteiger partial charge in [0.2, 0.25) is 0 Å². The van der Waals surface area contributed by atoms with Crippen molar-refractivity contribution in [3.63, 3.8) is 0 Å². The second-order valence-corrected chi connectivity index (χ2v) is 10.2. The Balaban J connectivity index is 1.86. The molecule has 36 heavy (non-hydrogen) atoms. The first kappa shape index (κ1) is 27.9. The van der Waals surface area contributed by atoms with Crippen LogP contribution < -0.4 is 0 Å². The maximum atomic E-state index is 12.6. The molecule has 2 aromatic carbocycles. The van der Waals surface area contributed by atoms with Crippen molar-refractivity contribution in [3.05, 3.63) is 77.4 Å². The molecule has 1 aliphatic heterocycles. The lowest BCUT2D eigenvalue weighted by Gasteiger charge is -2.21. The van der Waals surface area contributed by atoms with E-state index in [9.17, 15) is 9.90 Å². The number of hydrogen-bond acceptors (Lipinski definition) is 5. The Hall–Kier alpha value is -2.73. The van der Waals surface area contributed by atoms with Crippen LogP contribution in [0.25, 0.3) is 17.2 Å². The van der Waals surface area contributed by atoms with Gasteiger partial charge >= 0.3 is 5.97 Å². The summed E-state index contributed by atoms with van der Waals surface area (Å²) in [4.78, 5) is 12.6. The molecule has 1 heterocycles. The van der Waals surface area contributed by atoms with E-state index in [4.69, 9.17) is 14.2 Å². The summed E-state index contributed by atoms with van der Waals surface area (Å²) < 4.78 is 17.6. The standard InChI is InChI=1S/C31H40O5/c1-20(23(4)32)16-17-21(2)29-27(35-31(5,6)36-29)15-11-14-25-19-26(24-12-9-8-10-13-24)18-22(3)28(25)30(33)34-7/h8-14,16-21,23,27,29,32H,15H2,1-7H3/b14-11+,17-16-/t20-,21?,23+,27+,29-/m1/s1. The third kappa shape index (κ3) is 6.94.